The number of allylic oxidation sites excluding steroid dienone is 9. The van der Waals surface area contributed by atoms with Crippen molar-refractivity contribution in [1.82, 2.24) is 0 Å². The van der Waals surface area contributed by atoms with Crippen molar-refractivity contribution < 1.29 is 0 Å². The maximum absolute atomic E-state index is 5.63. The highest BCUT2D eigenvalue weighted by atomic mass is 15.1. The molecule has 2 rings (SSSR count). The quantitative estimate of drug-likeness (QED) is 0.231. The fraction of sp³-hybridized carbons (Fsp3) is 0.273. The summed E-state index contributed by atoms with van der Waals surface area (Å²) >= 11 is 0. The molecule has 0 fully saturated rings. The summed E-state index contributed by atoms with van der Waals surface area (Å²) in [6.45, 7) is 9.45. The number of nitrogens with zero attached hydrogens (tertiary/aromatic N) is 1. The summed E-state index contributed by atoms with van der Waals surface area (Å²) in [6.07, 6.45) is 25.7. The Morgan fingerprint density at radius 3 is 2.41 bits per heavy atom. The molecule has 0 saturated carbocycles. The van der Waals surface area contributed by atoms with E-state index in [1.807, 2.05) is 19.1 Å². The lowest BCUT2D eigenvalue weighted by atomic mass is 10.0. The molecule has 0 aliphatic heterocycles. The third kappa shape index (κ3) is 9.16. The van der Waals surface area contributed by atoms with Crippen molar-refractivity contribution in [3.8, 4) is 12.3 Å². The first-order valence-corrected chi connectivity index (χ1v) is 12.3. The highest BCUT2D eigenvalue weighted by Gasteiger charge is 2.11. The Bertz CT molecular complexity index is 1040. The average Bonchev–Trinajstić information content (AvgIpc) is 2.86. The van der Waals surface area contributed by atoms with E-state index in [2.05, 4.69) is 123 Å². The molecule has 0 spiro atoms. The Morgan fingerprint density at radius 2 is 1.76 bits per heavy atom. The van der Waals surface area contributed by atoms with Crippen molar-refractivity contribution in [2.75, 3.05) is 11.4 Å². The summed E-state index contributed by atoms with van der Waals surface area (Å²) in [5.74, 6) is 3.23. The van der Waals surface area contributed by atoms with Gasteiger partial charge in [0.15, 0.2) is 0 Å². The van der Waals surface area contributed by atoms with Crippen LogP contribution in [0.2, 0.25) is 0 Å². The van der Waals surface area contributed by atoms with E-state index < -0.39 is 0 Å². The second kappa shape index (κ2) is 15.4. The smallest absolute Gasteiger partial charge is 0.0410 e. The monoisotopic (exact) mass is 449 g/mol. The predicted molar refractivity (Wildman–Crippen MR) is 152 cm³/mol. The third-order valence-corrected chi connectivity index (χ3v) is 5.72. The molecule has 1 atom stereocenters. The molecule has 2 aromatic rings. The first-order valence-electron chi connectivity index (χ1n) is 12.3. The average molecular weight is 450 g/mol. The zero-order valence-electron chi connectivity index (χ0n) is 21.2. The van der Waals surface area contributed by atoms with E-state index in [1.54, 1.807) is 0 Å². The number of terminal acetylenes is 1. The Kier molecular flexibility index (Phi) is 12.1. The lowest BCUT2D eigenvalue weighted by Gasteiger charge is -2.26. The molecule has 176 valence electrons. The molecule has 0 radical (unpaired) electrons. The van der Waals surface area contributed by atoms with Crippen LogP contribution in [0.25, 0.3) is 5.57 Å². The summed E-state index contributed by atoms with van der Waals surface area (Å²) < 4.78 is 0. The van der Waals surface area contributed by atoms with Gasteiger partial charge < -0.3 is 4.90 Å². The van der Waals surface area contributed by atoms with Gasteiger partial charge in [0.05, 0.1) is 0 Å². The van der Waals surface area contributed by atoms with Crippen LogP contribution in [0.1, 0.15) is 51.2 Å². The second-order valence-corrected chi connectivity index (χ2v) is 8.53. The number of aryl methyl sites for hydroxylation is 1. The maximum atomic E-state index is 5.63. The molecule has 0 heterocycles. The summed E-state index contributed by atoms with van der Waals surface area (Å²) in [7, 11) is 0. The lowest BCUT2D eigenvalue weighted by Crippen LogP contribution is -2.23. The van der Waals surface area contributed by atoms with E-state index in [0.717, 1.165) is 25.8 Å². The van der Waals surface area contributed by atoms with Crippen LogP contribution in [0, 0.1) is 25.2 Å². The van der Waals surface area contributed by atoms with Crippen LogP contribution in [-0.2, 0) is 0 Å². The van der Waals surface area contributed by atoms with Crippen LogP contribution in [0.5, 0.6) is 0 Å². The van der Waals surface area contributed by atoms with Crippen molar-refractivity contribution >= 4 is 11.3 Å². The van der Waals surface area contributed by atoms with Gasteiger partial charge in [-0.2, -0.15) is 0 Å². The Hall–Kier alpha value is -3.50. The van der Waals surface area contributed by atoms with E-state index in [-0.39, 0.29) is 0 Å². The molecule has 0 aliphatic rings. The normalized spacial score (nSPS) is 13.6. The summed E-state index contributed by atoms with van der Waals surface area (Å²) in [5, 5.41) is 0. The Morgan fingerprint density at radius 1 is 1.03 bits per heavy atom. The minimum atomic E-state index is 0.501. The molecule has 0 aliphatic carbocycles. The molecule has 0 N–H and O–H groups in total. The van der Waals surface area contributed by atoms with Crippen LogP contribution in [0.4, 0.5) is 5.69 Å². The largest absolute Gasteiger partial charge is 0.342 e. The van der Waals surface area contributed by atoms with E-state index in [9.17, 15) is 0 Å². The zero-order chi connectivity index (χ0) is 24.6. The molecular formula is C33H39N. The van der Waals surface area contributed by atoms with Gasteiger partial charge in [0, 0.05) is 17.9 Å². The SMILES string of the molecule is C#C/C=C(\CCCN(C(/C=C\CC(C)/C=C\C=C/C)=C/C)c1ccc(C)cc1)c1ccccc1. The highest BCUT2D eigenvalue weighted by Crippen LogP contribution is 2.25. The number of anilines is 1. The van der Waals surface area contributed by atoms with Gasteiger partial charge >= 0.3 is 0 Å². The van der Waals surface area contributed by atoms with Gasteiger partial charge in [-0.15, -0.1) is 6.42 Å². The van der Waals surface area contributed by atoms with Crippen LogP contribution >= 0.6 is 0 Å². The maximum Gasteiger partial charge on any atom is 0.0410 e. The van der Waals surface area contributed by atoms with Gasteiger partial charge in [0.2, 0.25) is 0 Å². The zero-order valence-corrected chi connectivity index (χ0v) is 21.2. The van der Waals surface area contributed by atoms with Crippen molar-refractivity contribution in [2.24, 2.45) is 5.92 Å². The van der Waals surface area contributed by atoms with Gasteiger partial charge in [-0.05, 0) is 81.4 Å². The fourth-order valence-corrected chi connectivity index (χ4v) is 3.80. The molecule has 0 bridgehead atoms. The van der Waals surface area contributed by atoms with Gasteiger partial charge in [-0.3, -0.25) is 0 Å². The topological polar surface area (TPSA) is 3.24 Å². The lowest BCUT2D eigenvalue weighted by molar-refractivity contribution is 0.743. The first kappa shape index (κ1) is 26.7. The van der Waals surface area contributed by atoms with E-state index >= 15 is 0 Å². The van der Waals surface area contributed by atoms with E-state index in [0.29, 0.717) is 5.92 Å². The molecule has 1 unspecified atom stereocenters. The molecule has 0 aromatic heterocycles. The Balaban J connectivity index is 2.15. The summed E-state index contributed by atoms with van der Waals surface area (Å²) in [4.78, 5) is 2.41. The first-order chi connectivity index (χ1) is 16.6. The minimum Gasteiger partial charge on any atom is -0.342 e. The van der Waals surface area contributed by atoms with Crippen LogP contribution in [0.15, 0.2) is 109 Å². The number of benzene rings is 2. The molecule has 2 aromatic carbocycles. The van der Waals surface area contributed by atoms with Crippen LogP contribution < -0.4 is 4.90 Å². The van der Waals surface area contributed by atoms with E-state index in [1.165, 1.54) is 28.1 Å². The number of hydrogen-bond donors (Lipinski definition) is 0. The van der Waals surface area contributed by atoms with E-state index in [4.69, 9.17) is 6.42 Å². The fourth-order valence-electron chi connectivity index (χ4n) is 3.80. The summed E-state index contributed by atoms with van der Waals surface area (Å²) in [6, 6.07) is 19.2. The van der Waals surface area contributed by atoms with Crippen LogP contribution in [0.3, 0.4) is 0 Å². The summed E-state index contributed by atoms with van der Waals surface area (Å²) in [5.41, 5.74) is 6.12. The standard InChI is InChI=1S/C33H39N/c1-6-9-11-17-28(4)18-14-22-32(8-3)34(33-25-23-29(5)24-26-33)27-15-21-30(16-7-2)31-19-12-10-13-20-31/h2,6,8-14,16-17,19-20,22-26,28H,15,18,21,27H2,1,3-5H3/b9-6-,17-11-,22-14-,30-16+,32-8+. The molecular weight excluding hydrogens is 410 g/mol. The van der Waals surface area contributed by atoms with Crippen molar-refractivity contribution in [2.45, 2.75) is 47.0 Å². The number of hydrogen-bond acceptors (Lipinski definition) is 1. The molecule has 0 amide bonds. The minimum absolute atomic E-state index is 0.501. The second-order valence-electron chi connectivity index (χ2n) is 8.53. The van der Waals surface area contributed by atoms with Crippen molar-refractivity contribution in [3.63, 3.8) is 0 Å². The molecule has 1 nitrogen and oxygen atoms in total. The van der Waals surface area contributed by atoms with Gasteiger partial charge in [-0.1, -0.05) is 97.3 Å². The van der Waals surface area contributed by atoms with Crippen molar-refractivity contribution in [1.29, 1.82) is 0 Å². The van der Waals surface area contributed by atoms with Gasteiger partial charge in [0.25, 0.3) is 0 Å². The van der Waals surface area contributed by atoms with Gasteiger partial charge in [-0.25, -0.2) is 0 Å². The highest BCUT2D eigenvalue weighted by molar-refractivity contribution is 5.68. The third-order valence-electron chi connectivity index (χ3n) is 5.72. The van der Waals surface area contributed by atoms with Crippen LogP contribution in [-0.4, -0.2) is 6.54 Å². The molecule has 1 heteroatoms. The Labute approximate surface area is 207 Å². The van der Waals surface area contributed by atoms with Gasteiger partial charge in [0.1, 0.15) is 0 Å². The molecule has 34 heavy (non-hydrogen) atoms. The molecule has 0 saturated heterocycles. The number of rotatable bonds is 12. The predicted octanol–water partition coefficient (Wildman–Crippen LogP) is 8.92. The van der Waals surface area contributed by atoms with Crippen molar-refractivity contribution in [3.05, 3.63) is 120 Å².